The molecular weight excluding hydrogens is 526 g/mol. The molecule has 0 aliphatic carbocycles. The summed E-state index contributed by atoms with van der Waals surface area (Å²) in [7, 11) is 1.66. The number of amides is 4. The Kier molecular flexibility index (Phi) is 8.05. The summed E-state index contributed by atoms with van der Waals surface area (Å²) in [4.78, 5) is 58.4. The zero-order valence-corrected chi connectivity index (χ0v) is 23.9. The average molecular weight is 562 g/mol. The number of allylic oxidation sites excluding steroid dienone is 2. The van der Waals surface area contributed by atoms with Gasteiger partial charge in [0.05, 0.1) is 11.7 Å². The molecule has 0 radical (unpaired) electrons. The Balaban J connectivity index is 1.29. The normalized spacial score (nSPS) is 21.1. The summed E-state index contributed by atoms with van der Waals surface area (Å²) in [6.45, 7) is 6.82. The molecule has 3 aliphatic heterocycles. The molecule has 11 heteroatoms. The number of aromatic nitrogens is 1. The van der Waals surface area contributed by atoms with E-state index in [1.165, 1.54) is 4.90 Å². The van der Waals surface area contributed by atoms with Crippen LogP contribution in [-0.4, -0.2) is 76.6 Å². The second-order valence-electron chi connectivity index (χ2n) is 11.0. The van der Waals surface area contributed by atoms with Gasteiger partial charge in [0.1, 0.15) is 29.7 Å². The third kappa shape index (κ3) is 5.66. The fourth-order valence-corrected chi connectivity index (χ4v) is 5.72. The minimum absolute atomic E-state index is 0.154. The van der Waals surface area contributed by atoms with Crippen molar-refractivity contribution in [1.82, 2.24) is 20.3 Å². The lowest BCUT2D eigenvalue weighted by Gasteiger charge is -2.35. The van der Waals surface area contributed by atoms with Gasteiger partial charge in [0, 0.05) is 32.1 Å². The molecule has 0 saturated carbocycles. The van der Waals surface area contributed by atoms with Gasteiger partial charge in [0.25, 0.3) is 11.8 Å². The zero-order valence-electron chi connectivity index (χ0n) is 23.9. The van der Waals surface area contributed by atoms with Crippen LogP contribution >= 0.6 is 0 Å². The number of aryl methyl sites for hydroxylation is 1. The Morgan fingerprint density at radius 1 is 1.22 bits per heavy atom. The maximum atomic E-state index is 13.9. The molecule has 2 saturated heterocycles. The molecule has 216 valence electrons. The van der Waals surface area contributed by atoms with Crippen LogP contribution < -0.4 is 10.1 Å². The highest BCUT2D eigenvalue weighted by Crippen LogP contribution is 2.31. The molecule has 4 heterocycles. The Morgan fingerprint density at radius 3 is 2.76 bits per heavy atom. The number of hydrogen-bond acceptors (Lipinski definition) is 8. The molecule has 1 aromatic carbocycles. The molecule has 1 aromatic heterocycles. The van der Waals surface area contributed by atoms with E-state index < -0.39 is 11.9 Å². The number of piperidine rings is 2. The van der Waals surface area contributed by atoms with E-state index in [1.807, 2.05) is 30.9 Å². The Hall–Kier alpha value is -4.28. The number of imide groups is 1. The third-order valence-electron chi connectivity index (χ3n) is 7.80. The summed E-state index contributed by atoms with van der Waals surface area (Å²) < 4.78 is 11.7. The van der Waals surface area contributed by atoms with Crippen LogP contribution in [0.15, 0.2) is 39.4 Å². The summed E-state index contributed by atoms with van der Waals surface area (Å²) in [6.07, 6.45) is 5.05. The number of carbonyl (C=O) groups excluding carboxylic acids is 4. The number of aliphatic imine (C=N–C) groups is 1. The Bertz CT molecular complexity index is 1450. The largest absolute Gasteiger partial charge is 0.491 e. The van der Waals surface area contributed by atoms with Crippen molar-refractivity contribution in [2.24, 2.45) is 4.99 Å². The van der Waals surface area contributed by atoms with Gasteiger partial charge in [-0.25, -0.2) is 0 Å². The minimum atomic E-state index is -0.667. The fourth-order valence-electron chi connectivity index (χ4n) is 5.72. The van der Waals surface area contributed by atoms with Gasteiger partial charge in [-0.15, -0.1) is 0 Å². The van der Waals surface area contributed by atoms with Crippen LogP contribution in [0, 0.1) is 6.92 Å². The SMILES string of the molecule is CN=C(C=C(C)C)c1onc(C)c1C(=O)N1CCCC[C@H]1COc1ccc2c(c1)CN(C1CCC(=O)NC1=O)C2=O. The van der Waals surface area contributed by atoms with Gasteiger partial charge in [0.2, 0.25) is 11.8 Å². The molecule has 2 aromatic rings. The minimum Gasteiger partial charge on any atom is -0.491 e. The molecule has 0 spiro atoms. The van der Waals surface area contributed by atoms with Crippen LogP contribution in [0.5, 0.6) is 5.75 Å². The van der Waals surface area contributed by atoms with Crippen LogP contribution in [0.3, 0.4) is 0 Å². The van der Waals surface area contributed by atoms with E-state index in [0.29, 0.717) is 47.0 Å². The lowest BCUT2D eigenvalue weighted by atomic mass is 10.00. The van der Waals surface area contributed by atoms with E-state index in [-0.39, 0.29) is 43.3 Å². The molecule has 0 bridgehead atoms. The van der Waals surface area contributed by atoms with E-state index >= 15 is 0 Å². The number of nitrogens with one attached hydrogen (secondary N) is 1. The van der Waals surface area contributed by atoms with Crippen LogP contribution in [0.2, 0.25) is 0 Å². The monoisotopic (exact) mass is 561 g/mol. The van der Waals surface area contributed by atoms with Crippen molar-refractivity contribution >= 4 is 29.3 Å². The lowest BCUT2D eigenvalue weighted by molar-refractivity contribution is -0.136. The Labute approximate surface area is 238 Å². The maximum absolute atomic E-state index is 13.9. The van der Waals surface area contributed by atoms with Gasteiger partial charge in [-0.2, -0.15) is 0 Å². The molecule has 11 nitrogen and oxygen atoms in total. The second-order valence-corrected chi connectivity index (χ2v) is 11.0. The Morgan fingerprint density at radius 2 is 2.02 bits per heavy atom. The number of fused-ring (bicyclic) bond motifs is 1. The number of carbonyl (C=O) groups is 4. The first-order chi connectivity index (χ1) is 19.7. The molecule has 1 unspecified atom stereocenters. The van der Waals surface area contributed by atoms with Crippen LogP contribution in [0.25, 0.3) is 0 Å². The van der Waals surface area contributed by atoms with Gasteiger partial charge in [-0.05, 0) is 76.3 Å². The summed E-state index contributed by atoms with van der Waals surface area (Å²) in [6, 6.07) is 4.45. The highest BCUT2D eigenvalue weighted by atomic mass is 16.5. The maximum Gasteiger partial charge on any atom is 0.260 e. The highest BCUT2D eigenvalue weighted by molar-refractivity contribution is 6.14. The number of likely N-dealkylation sites (tertiary alicyclic amines) is 1. The van der Waals surface area contributed by atoms with Crippen molar-refractivity contribution in [2.75, 3.05) is 20.2 Å². The van der Waals surface area contributed by atoms with Crippen molar-refractivity contribution in [3.05, 3.63) is 58.0 Å². The smallest absolute Gasteiger partial charge is 0.260 e. The third-order valence-corrected chi connectivity index (χ3v) is 7.80. The van der Waals surface area contributed by atoms with Crippen LogP contribution in [0.1, 0.15) is 83.7 Å². The first kappa shape index (κ1) is 28.3. The van der Waals surface area contributed by atoms with Crippen LogP contribution in [0.4, 0.5) is 0 Å². The topological polar surface area (TPSA) is 134 Å². The van der Waals surface area contributed by atoms with Crippen LogP contribution in [-0.2, 0) is 16.1 Å². The predicted octanol–water partition coefficient (Wildman–Crippen LogP) is 3.20. The number of hydrogen-bond donors (Lipinski definition) is 1. The van der Waals surface area contributed by atoms with Crippen molar-refractivity contribution in [2.45, 2.75) is 71.5 Å². The molecule has 4 amide bonds. The first-order valence-electron chi connectivity index (χ1n) is 14.0. The predicted molar refractivity (Wildman–Crippen MR) is 150 cm³/mol. The summed E-state index contributed by atoms with van der Waals surface area (Å²) in [5.41, 5.74) is 3.82. The van der Waals surface area contributed by atoms with E-state index in [1.54, 1.807) is 26.1 Å². The van der Waals surface area contributed by atoms with Crippen molar-refractivity contribution < 1.29 is 28.4 Å². The lowest BCUT2D eigenvalue weighted by Crippen LogP contribution is -2.52. The summed E-state index contributed by atoms with van der Waals surface area (Å²) in [5.74, 6) is -0.187. The fraction of sp³-hybridized carbons (Fsp3) is 0.467. The summed E-state index contributed by atoms with van der Waals surface area (Å²) in [5, 5.41) is 6.40. The molecule has 3 aliphatic rings. The molecular formula is C30H35N5O6. The number of benzene rings is 1. The van der Waals surface area contributed by atoms with E-state index in [2.05, 4.69) is 15.5 Å². The van der Waals surface area contributed by atoms with Gasteiger partial charge in [0.15, 0.2) is 5.76 Å². The van der Waals surface area contributed by atoms with E-state index in [4.69, 9.17) is 9.26 Å². The number of nitrogens with zero attached hydrogens (tertiary/aromatic N) is 4. The van der Waals surface area contributed by atoms with Crippen molar-refractivity contribution in [3.8, 4) is 5.75 Å². The van der Waals surface area contributed by atoms with Gasteiger partial charge in [-0.1, -0.05) is 10.7 Å². The second kappa shape index (κ2) is 11.7. The standard InChI is InChI=1S/C30H35N5O6/c1-17(2)13-23(31-4)27-26(18(3)33-41-27)30(39)34-12-6-5-7-20(34)16-40-21-8-9-22-19(14-21)15-35(29(22)38)24-10-11-25(36)32-28(24)37/h8-9,13-14,20,24H,5-7,10-12,15-16H2,1-4H3,(H,32,36,37)/t20-,24?/m0/s1. The number of ether oxygens (including phenoxy) is 1. The van der Waals surface area contributed by atoms with Gasteiger partial charge < -0.3 is 19.1 Å². The molecule has 2 fully saturated rings. The zero-order chi connectivity index (χ0) is 29.3. The highest BCUT2D eigenvalue weighted by Gasteiger charge is 2.39. The number of rotatable bonds is 7. The summed E-state index contributed by atoms with van der Waals surface area (Å²) >= 11 is 0. The molecule has 2 atom stereocenters. The first-order valence-corrected chi connectivity index (χ1v) is 14.0. The van der Waals surface area contributed by atoms with Gasteiger partial charge in [-0.3, -0.25) is 29.5 Å². The molecule has 41 heavy (non-hydrogen) atoms. The van der Waals surface area contributed by atoms with E-state index in [0.717, 1.165) is 30.4 Å². The molecule has 5 rings (SSSR count). The average Bonchev–Trinajstić information content (AvgIpc) is 3.49. The van der Waals surface area contributed by atoms with Crippen molar-refractivity contribution in [1.29, 1.82) is 0 Å². The van der Waals surface area contributed by atoms with Crippen molar-refractivity contribution in [3.63, 3.8) is 0 Å². The quantitative estimate of drug-likeness (QED) is 0.405. The van der Waals surface area contributed by atoms with E-state index in [9.17, 15) is 19.2 Å². The molecule has 1 N–H and O–H groups in total. The van der Waals surface area contributed by atoms with Gasteiger partial charge >= 0.3 is 0 Å².